The minimum atomic E-state index is -0.134. The lowest BCUT2D eigenvalue weighted by atomic mass is 9.99. The van der Waals surface area contributed by atoms with Gasteiger partial charge in [0.05, 0.1) is 0 Å². The third kappa shape index (κ3) is 3.41. The lowest BCUT2D eigenvalue weighted by Crippen LogP contribution is -2.26. The maximum Gasteiger partial charge on any atom is 0.262 e. The highest BCUT2D eigenvalue weighted by molar-refractivity contribution is 5.92. The van der Waals surface area contributed by atoms with Crippen molar-refractivity contribution in [2.45, 2.75) is 13.0 Å². The van der Waals surface area contributed by atoms with Crippen molar-refractivity contribution in [3.05, 3.63) is 59.7 Å². The van der Waals surface area contributed by atoms with Crippen LogP contribution in [0.1, 0.15) is 11.1 Å². The third-order valence-corrected chi connectivity index (χ3v) is 3.53. The molecule has 2 aromatic rings. The fourth-order valence-corrected chi connectivity index (χ4v) is 2.50. The van der Waals surface area contributed by atoms with Crippen molar-refractivity contribution < 1.29 is 9.53 Å². The molecule has 3 rings (SSSR count). The van der Waals surface area contributed by atoms with E-state index in [1.165, 1.54) is 11.1 Å². The number of para-hydroxylation sites is 1. The molecule has 108 valence electrons. The number of benzene rings is 2. The minimum absolute atomic E-state index is 0.0198. The summed E-state index contributed by atoms with van der Waals surface area (Å²) < 4.78 is 5.46. The molecule has 4 heteroatoms. The number of nitrogens with one attached hydrogen (secondary N) is 2. The smallest absolute Gasteiger partial charge is 0.262 e. The van der Waals surface area contributed by atoms with E-state index >= 15 is 0 Å². The van der Waals surface area contributed by atoms with Gasteiger partial charge in [0.25, 0.3) is 5.91 Å². The van der Waals surface area contributed by atoms with E-state index < -0.39 is 0 Å². The Hall–Kier alpha value is -2.33. The van der Waals surface area contributed by atoms with Gasteiger partial charge in [-0.15, -0.1) is 0 Å². The zero-order valence-electron chi connectivity index (χ0n) is 11.8. The predicted octanol–water partition coefficient (Wildman–Crippen LogP) is 2.35. The zero-order valence-corrected chi connectivity index (χ0v) is 11.8. The molecule has 0 bridgehead atoms. The summed E-state index contributed by atoms with van der Waals surface area (Å²) in [5.41, 5.74) is 3.38. The van der Waals surface area contributed by atoms with Gasteiger partial charge < -0.3 is 15.4 Å². The fraction of sp³-hybridized carbons (Fsp3) is 0.235. The van der Waals surface area contributed by atoms with E-state index in [1.54, 1.807) is 0 Å². The van der Waals surface area contributed by atoms with Crippen molar-refractivity contribution >= 4 is 11.6 Å². The summed E-state index contributed by atoms with van der Waals surface area (Å²) in [4.78, 5) is 12.0. The first-order chi connectivity index (χ1) is 10.3. The van der Waals surface area contributed by atoms with Crippen LogP contribution >= 0.6 is 0 Å². The molecule has 0 aliphatic carbocycles. The van der Waals surface area contributed by atoms with Gasteiger partial charge in [0.2, 0.25) is 0 Å². The van der Waals surface area contributed by atoms with Crippen molar-refractivity contribution in [2.75, 3.05) is 18.5 Å². The lowest BCUT2D eigenvalue weighted by Gasteiger charge is -2.20. The molecular formula is C17H18N2O2. The molecule has 2 N–H and O–H groups in total. The fourth-order valence-electron chi connectivity index (χ4n) is 2.50. The Morgan fingerprint density at radius 1 is 1.14 bits per heavy atom. The van der Waals surface area contributed by atoms with Gasteiger partial charge in [0.1, 0.15) is 5.75 Å². The van der Waals surface area contributed by atoms with Crippen LogP contribution in [0.15, 0.2) is 48.5 Å². The summed E-state index contributed by atoms with van der Waals surface area (Å²) in [6, 6.07) is 15.4. The SMILES string of the molecule is O=C(COc1ccccc1)Nc1cccc2c1CCNC2. The molecule has 0 spiro atoms. The Morgan fingerprint density at radius 3 is 2.86 bits per heavy atom. The van der Waals surface area contributed by atoms with Gasteiger partial charge in [0.15, 0.2) is 6.61 Å². The van der Waals surface area contributed by atoms with E-state index in [4.69, 9.17) is 4.74 Å². The van der Waals surface area contributed by atoms with Crippen molar-refractivity contribution in [3.63, 3.8) is 0 Å². The summed E-state index contributed by atoms with van der Waals surface area (Å²) in [7, 11) is 0. The molecule has 4 nitrogen and oxygen atoms in total. The minimum Gasteiger partial charge on any atom is -0.484 e. The number of hydrogen-bond donors (Lipinski definition) is 2. The second-order valence-corrected chi connectivity index (χ2v) is 5.02. The number of anilines is 1. The maximum atomic E-state index is 12.0. The molecule has 1 aliphatic rings. The van der Waals surface area contributed by atoms with Crippen LogP contribution in [0.25, 0.3) is 0 Å². The summed E-state index contributed by atoms with van der Waals surface area (Å²) in [5.74, 6) is 0.567. The summed E-state index contributed by atoms with van der Waals surface area (Å²) >= 11 is 0. The van der Waals surface area contributed by atoms with E-state index in [9.17, 15) is 4.79 Å². The summed E-state index contributed by atoms with van der Waals surface area (Å²) in [6.45, 7) is 1.83. The molecule has 0 fully saturated rings. The quantitative estimate of drug-likeness (QED) is 0.905. The predicted molar refractivity (Wildman–Crippen MR) is 82.4 cm³/mol. The number of carbonyl (C=O) groups is 1. The molecule has 21 heavy (non-hydrogen) atoms. The average Bonchev–Trinajstić information content (AvgIpc) is 2.54. The van der Waals surface area contributed by atoms with Gasteiger partial charge in [-0.25, -0.2) is 0 Å². The first-order valence-corrected chi connectivity index (χ1v) is 7.12. The molecule has 2 aromatic carbocycles. The standard InChI is InChI=1S/C17H18N2O2/c20-17(12-21-14-6-2-1-3-7-14)19-16-8-4-5-13-11-18-10-9-15(13)16/h1-8,18H,9-12H2,(H,19,20). The van der Waals surface area contributed by atoms with Crippen LogP contribution in [-0.2, 0) is 17.8 Å². The first kappa shape index (κ1) is 13.6. The van der Waals surface area contributed by atoms with Gasteiger partial charge in [-0.2, -0.15) is 0 Å². The van der Waals surface area contributed by atoms with Gasteiger partial charge in [-0.1, -0.05) is 30.3 Å². The second kappa shape index (κ2) is 6.41. The number of hydrogen-bond acceptors (Lipinski definition) is 3. The molecule has 0 aromatic heterocycles. The Bertz CT molecular complexity index is 626. The molecule has 0 saturated heterocycles. The van der Waals surface area contributed by atoms with Crippen LogP contribution < -0.4 is 15.4 Å². The van der Waals surface area contributed by atoms with Crippen LogP contribution in [0.2, 0.25) is 0 Å². The molecular weight excluding hydrogens is 264 g/mol. The highest BCUT2D eigenvalue weighted by Gasteiger charge is 2.14. The van der Waals surface area contributed by atoms with E-state index in [1.807, 2.05) is 42.5 Å². The number of rotatable bonds is 4. The molecule has 0 atom stereocenters. The molecule has 0 unspecified atom stereocenters. The third-order valence-electron chi connectivity index (χ3n) is 3.53. The Kier molecular flexibility index (Phi) is 4.17. The molecule has 1 aliphatic heterocycles. The summed E-state index contributed by atoms with van der Waals surface area (Å²) in [5, 5.41) is 6.28. The lowest BCUT2D eigenvalue weighted by molar-refractivity contribution is -0.118. The van der Waals surface area contributed by atoms with Gasteiger partial charge >= 0.3 is 0 Å². The zero-order chi connectivity index (χ0) is 14.5. The monoisotopic (exact) mass is 282 g/mol. The normalized spacial score (nSPS) is 13.3. The second-order valence-electron chi connectivity index (χ2n) is 5.02. The van der Waals surface area contributed by atoms with E-state index in [-0.39, 0.29) is 12.5 Å². The first-order valence-electron chi connectivity index (χ1n) is 7.12. The van der Waals surface area contributed by atoms with Crippen LogP contribution in [0.5, 0.6) is 5.75 Å². The van der Waals surface area contributed by atoms with Crippen LogP contribution in [0.4, 0.5) is 5.69 Å². The van der Waals surface area contributed by atoms with E-state index in [0.29, 0.717) is 5.75 Å². The highest BCUT2D eigenvalue weighted by atomic mass is 16.5. The van der Waals surface area contributed by atoms with Crippen molar-refractivity contribution in [2.24, 2.45) is 0 Å². The van der Waals surface area contributed by atoms with Gasteiger partial charge in [0, 0.05) is 12.2 Å². The molecule has 1 amide bonds. The molecule has 0 radical (unpaired) electrons. The van der Waals surface area contributed by atoms with Crippen molar-refractivity contribution in [1.29, 1.82) is 0 Å². The maximum absolute atomic E-state index is 12.0. The average molecular weight is 282 g/mol. The number of ether oxygens (including phenoxy) is 1. The van der Waals surface area contributed by atoms with Gasteiger partial charge in [-0.05, 0) is 42.3 Å². The summed E-state index contributed by atoms with van der Waals surface area (Å²) in [6.07, 6.45) is 0.936. The highest BCUT2D eigenvalue weighted by Crippen LogP contribution is 2.23. The Labute approximate surface area is 124 Å². The number of carbonyl (C=O) groups excluding carboxylic acids is 1. The Balaban J connectivity index is 1.63. The largest absolute Gasteiger partial charge is 0.484 e. The van der Waals surface area contributed by atoms with Crippen LogP contribution in [0, 0.1) is 0 Å². The molecule has 1 heterocycles. The van der Waals surface area contributed by atoms with E-state index in [2.05, 4.69) is 16.7 Å². The Morgan fingerprint density at radius 2 is 2.00 bits per heavy atom. The van der Waals surface area contributed by atoms with Crippen LogP contribution in [-0.4, -0.2) is 19.1 Å². The van der Waals surface area contributed by atoms with Gasteiger partial charge in [-0.3, -0.25) is 4.79 Å². The van der Waals surface area contributed by atoms with Crippen molar-refractivity contribution in [3.8, 4) is 5.75 Å². The van der Waals surface area contributed by atoms with Crippen molar-refractivity contribution in [1.82, 2.24) is 5.32 Å². The number of amides is 1. The van der Waals surface area contributed by atoms with Crippen LogP contribution in [0.3, 0.4) is 0 Å². The topological polar surface area (TPSA) is 50.4 Å². The number of fused-ring (bicyclic) bond motifs is 1. The van der Waals surface area contributed by atoms with E-state index in [0.717, 1.165) is 25.2 Å². The molecule has 0 saturated carbocycles.